The standard InChI is InChI=1S/C19H21N4O2.2C2HF3O2/c1-14-10-22(11-15(2)25-14)19(24)17-9-20-7-6-18(17)23-12-16-5-3-4-8-21(16)13-23;2*3-2(4,5)1(6)7/h3-9,12-15H,10-11H2,1-2H3;2*(H,6,7)/q+1;;/p-1. The van der Waals surface area contributed by atoms with E-state index in [1.807, 2.05) is 70.7 Å². The highest BCUT2D eigenvalue weighted by molar-refractivity contribution is 5.96. The topological polar surface area (TPSA) is 128 Å². The summed E-state index contributed by atoms with van der Waals surface area (Å²) in [6.07, 6.45) is -0.873. The summed E-state index contributed by atoms with van der Waals surface area (Å²) in [6.45, 7) is 5.19. The van der Waals surface area contributed by atoms with Crippen LogP contribution in [0.5, 0.6) is 0 Å². The van der Waals surface area contributed by atoms with Crippen LogP contribution in [0, 0.1) is 0 Å². The zero-order valence-electron chi connectivity index (χ0n) is 20.3. The van der Waals surface area contributed by atoms with Crippen LogP contribution in [-0.2, 0) is 14.3 Å². The molecule has 0 saturated carbocycles. The predicted octanol–water partition coefficient (Wildman–Crippen LogP) is 1.79. The first-order valence-electron chi connectivity index (χ1n) is 11.0. The van der Waals surface area contributed by atoms with Crippen LogP contribution in [0.15, 0.2) is 55.4 Å². The molecule has 1 aliphatic rings. The van der Waals surface area contributed by atoms with Crippen molar-refractivity contribution < 1.29 is 60.2 Å². The van der Waals surface area contributed by atoms with Gasteiger partial charge in [-0.3, -0.25) is 9.78 Å². The summed E-state index contributed by atoms with van der Waals surface area (Å²) in [5.74, 6) is -5.77. The fraction of sp³-hybridized carbons (Fsp3) is 0.348. The molecule has 0 aromatic carbocycles. The van der Waals surface area contributed by atoms with Gasteiger partial charge in [0.2, 0.25) is 0 Å². The van der Waals surface area contributed by atoms with Crippen LogP contribution in [0.3, 0.4) is 0 Å². The van der Waals surface area contributed by atoms with Crippen molar-refractivity contribution in [3.8, 4) is 5.69 Å². The maximum atomic E-state index is 13.1. The molecule has 1 N–H and O–H groups in total. The number of fused-ring (bicyclic) bond motifs is 1. The third-order valence-electron chi connectivity index (χ3n) is 4.93. The summed E-state index contributed by atoms with van der Waals surface area (Å²) in [7, 11) is 0. The Labute approximate surface area is 216 Å². The maximum Gasteiger partial charge on any atom is 0.490 e. The number of carboxylic acid groups (broad SMARTS) is 2. The third-order valence-corrected chi connectivity index (χ3v) is 4.93. The Kier molecular flexibility index (Phi) is 9.98. The number of imidazole rings is 1. The van der Waals surface area contributed by atoms with Crippen LogP contribution in [0.2, 0.25) is 0 Å². The molecule has 212 valence electrons. The van der Waals surface area contributed by atoms with Gasteiger partial charge in [0.25, 0.3) is 12.2 Å². The van der Waals surface area contributed by atoms with Gasteiger partial charge in [0.05, 0.1) is 18.4 Å². The summed E-state index contributed by atoms with van der Waals surface area (Å²) in [6, 6.07) is 7.88. The number of pyridine rings is 2. The molecule has 0 radical (unpaired) electrons. The van der Waals surface area contributed by atoms with Gasteiger partial charge in [-0.2, -0.15) is 26.3 Å². The molecule has 1 amide bonds. The minimum absolute atomic E-state index is 0.00661. The average molecular weight is 564 g/mol. The van der Waals surface area contributed by atoms with Crippen molar-refractivity contribution in [2.75, 3.05) is 13.1 Å². The third kappa shape index (κ3) is 8.94. The van der Waals surface area contributed by atoms with Gasteiger partial charge in [0, 0.05) is 31.5 Å². The lowest BCUT2D eigenvalue weighted by Crippen LogP contribution is -2.48. The number of ether oxygens (including phenoxy) is 1. The molecule has 3 aromatic rings. The van der Waals surface area contributed by atoms with Gasteiger partial charge in [-0.05, 0) is 26.0 Å². The normalized spacial score (nSPS) is 17.4. The van der Waals surface area contributed by atoms with Gasteiger partial charge in [-0.15, -0.1) is 0 Å². The fourth-order valence-electron chi connectivity index (χ4n) is 3.42. The van der Waals surface area contributed by atoms with E-state index < -0.39 is 24.3 Å². The van der Waals surface area contributed by atoms with Gasteiger partial charge in [0.15, 0.2) is 5.52 Å². The molecule has 39 heavy (non-hydrogen) atoms. The average Bonchev–Trinajstić information content (AvgIpc) is 3.27. The highest BCUT2D eigenvalue weighted by Crippen LogP contribution is 2.17. The number of hydrogen-bond acceptors (Lipinski definition) is 6. The maximum absolute atomic E-state index is 13.1. The van der Waals surface area contributed by atoms with Crippen LogP contribution in [0.25, 0.3) is 11.2 Å². The number of rotatable bonds is 2. The minimum atomic E-state index is -5.19. The van der Waals surface area contributed by atoms with Crippen molar-refractivity contribution in [1.82, 2.24) is 14.3 Å². The Morgan fingerprint density at radius 3 is 2.10 bits per heavy atom. The van der Waals surface area contributed by atoms with Crippen molar-refractivity contribution in [2.24, 2.45) is 0 Å². The van der Waals surface area contributed by atoms with E-state index in [9.17, 15) is 31.1 Å². The molecule has 4 heterocycles. The molecule has 0 spiro atoms. The molecule has 1 saturated heterocycles. The molecule has 2 unspecified atom stereocenters. The van der Waals surface area contributed by atoms with Crippen molar-refractivity contribution in [1.29, 1.82) is 0 Å². The molecular weight excluding hydrogens is 542 g/mol. The first kappa shape index (κ1) is 31.0. The number of aliphatic carboxylic acids is 2. The molecule has 1 fully saturated rings. The number of amides is 1. The fourth-order valence-corrected chi connectivity index (χ4v) is 3.42. The van der Waals surface area contributed by atoms with E-state index in [2.05, 4.69) is 4.98 Å². The Hall–Kier alpha value is -4.21. The van der Waals surface area contributed by atoms with Crippen molar-refractivity contribution >= 4 is 23.4 Å². The number of morpholine rings is 1. The van der Waals surface area contributed by atoms with E-state index >= 15 is 0 Å². The summed E-state index contributed by atoms with van der Waals surface area (Å²) in [5.41, 5.74) is 2.49. The second-order valence-electron chi connectivity index (χ2n) is 8.13. The zero-order valence-corrected chi connectivity index (χ0v) is 20.3. The SMILES string of the molecule is CC1CN(C(=O)c2cnccc2-[n+]2cc3ccccn3c2)CC(C)O1.O=C(O)C(F)(F)F.O=C([O-])C(F)(F)F. The molecule has 16 heteroatoms. The highest BCUT2D eigenvalue weighted by atomic mass is 19.4. The second kappa shape index (κ2) is 12.6. The quantitative estimate of drug-likeness (QED) is 0.371. The first-order chi connectivity index (χ1) is 18.0. The molecule has 2 atom stereocenters. The van der Waals surface area contributed by atoms with Crippen LogP contribution < -0.4 is 9.67 Å². The van der Waals surface area contributed by atoms with Crippen LogP contribution in [0.4, 0.5) is 26.3 Å². The first-order valence-corrected chi connectivity index (χ1v) is 11.0. The molecule has 10 nitrogen and oxygen atoms in total. The van der Waals surface area contributed by atoms with E-state index in [-0.39, 0.29) is 18.1 Å². The van der Waals surface area contributed by atoms with Crippen LogP contribution >= 0.6 is 0 Å². The van der Waals surface area contributed by atoms with E-state index in [4.69, 9.17) is 24.5 Å². The monoisotopic (exact) mass is 564 g/mol. The summed E-state index contributed by atoms with van der Waals surface area (Å²) in [4.78, 5) is 36.8. The summed E-state index contributed by atoms with van der Waals surface area (Å²) in [5, 5.41) is 15.9. The number of carboxylic acids is 2. The zero-order chi connectivity index (χ0) is 29.5. The number of alkyl halides is 6. The highest BCUT2D eigenvalue weighted by Gasteiger charge is 2.38. The Bertz CT molecular complexity index is 1240. The number of hydrogen-bond donors (Lipinski definition) is 1. The van der Waals surface area contributed by atoms with Crippen LogP contribution in [0.1, 0.15) is 24.2 Å². The molecule has 0 aliphatic carbocycles. The Morgan fingerprint density at radius 1 is 1.05 bits per heavy atom. The minimum Gasteiger partial charge on any atom is -0.542 e. The van der Waals surface area contributed by atoms with Crippen molar-refractivity contribution in [2.45, 2.75) is 38.4 Å². The Balaban J connectivity index is 0.000000317. The van der Waals surface area contributed by atoms with E-state index in [1.54, 1.807) is 12.4 Å². The molecule has 1 aliphatic heterocycles. The predicted molar refractivity (Wildman–Crippen MR) is 117 cm³/mol. The largest absolute Gasteiger partial charge is 0.542 e. The van der Waals surface area contributed by atoms with Crippen LogP contribution in [-0.4, -0.2) is 74.9 Å². The molecule has 4 rings (SSSR count). The van der Waals surface area contributed by atoms with E-state index in [0.717, 1.165) is 11.2 Å². The van der Waals surface area contributed by atoms with Crippen molar-refractivity contribution in [3.63, 3.8) is 0 Å². The smallest absolute Gasteiger partial charge is 0.490 e. The Morgan fingerprint density at radius 2 is 1.62 bits per heavy atom. The molecule has 3 aromatic heterocycles. The van der Waals surface area contributed by atoms with Crippen molar-refractivity contribution in [3.05, 3.63) is 60.9 Å². The van der Waals surface area contributed by atoms with Gasteiger partial charge in [-0.25, -0.2) is 13.8 Å². The molecular formula is C23H22F6N4O6. The van der Waals surface area contributed by atoms with E-state index in [0.29, 0.717) is 18.7 Å². The number of halogens is 6. The summed E-state index contributed by atoms with van der Waals surface area (Å²) < 4.78 is 73.0. The van der Waals surface area contributed by atoms with Gasteiger partial charge in [0.1, 0.15) is 23.4 Å². The lowest BCUT2D eigenvalue weighted by Gasteiger charge is -2.35. The summed E-state index contributed by atoms with van der Waals surface area (Å²) >= 11 is 0. The number of carbonyl (C=O) groups excluding carboxylic acids is 2. The molecule has 0 bridgehead atoms. The lowest BCUT2D eigenvalue weighted by molar-refractivity contribution is -0.594. The number of aromatic nitrogens is 3. The number of carbonyl (C=O) groups is 3. The van der Waals surface area contributed by atoms with Gasteiger partial charge >= 0.3 is 18.3 Å². The van der Waals surface area contributed by atoms with Gasteiger partial charge in [-0.1, -0.05) is 6.07 Å². The lowest BCUT2D eigenvalue weighted by atomic mass is 10.1. The van der Waals surface area contributed by atoms with Gasteiger partial charge < -0.3 is 24.6 Å². The number of nitrogens with zero attached hydrogens (tertiary/aromatic N) is 4. The van der Waals surface area contributed by atoms with E-state index in [1.165, 1.54) is 0 Å². The second-order valence-corrected chi connectivity index (χ2v) is 8.13.